The number of hydrogen-bond acceptors (Lipinski definition) is 7. The number of nitrogens with zero attached hydrogens (tertiary/aromatic N) is 3. The second-order valence-corrected chi connectivity index (χ2v) is 17.2. The van der Waals surface area contributed by atoms with Crippen molar-refractivity contribution in [3.63, 3.8) is 0 Å². The number of rotatable bonds is 9. The number of unbranched alkanes of at least 4 members (excludes halogenated alkanes) is 2. The molecule has 55 heavy (non-hydrogen) atoms. The number of carboxylic acids is 1. The van der Waals surface area contributed by atoms with Gasteiger partial charge in [-0.05, 0) is 109 Å². The second-order valence-electron chi connectivity index (χ2n) is 17.2. The quantitative estimate of drug-likeness (QED) is 0.164. The molecule has 0 saturated carbocycles. The molecule has 286 valence electrons. The first-order valence-electron chi connectivity index (χ1n) is 19.4. The van der Waals surface area contributed by atoms with Gasteiger partial charge in [-0.15, -0.1) is 5.06 Å². The summed E-state index contributed by atoms with van der Waals surface area (Å²) in [7, 11) is 2.14. The average Bonchev–Trinajstić information content (AvgIpc) is 3.43. The van der Waals surface area contributed by atoms with Gasteiger partial charge in [0.1, 0.15) is 7.05 Å². The SMILES string of the molecule is CC1=CC(C)(C)N(CCCCCC(=O)ON2C(=O)CCC2=O)c2cc3c(cc21)C(c1ccccc1C(=O)[O-])=c1cc2c(cc1C3(C)C)=[N+](C)C(C)(C)C=C2C. The summed E-state index contributed by atoms with van der Waals surface area (Å²) < 4.78 is 2.33. The summed E-state index contributed by atoms with van der Waals surface area (Å²) in [6.07, 6.45) is 6.99. The highest BCUT2D eigenvalue weighted by molar-refractivity contribution is 6.02. The van der Waals surface area contributed by atoms with E-state index in [2.05, 4.69) is 108 Å². The number of likely N-dealkylation sites (N-methyl/N-ethyl adjacent to an activating group) is 1. The van der Waals surface area contributed by atoms with Crippen molar-refractivity contribution in [1.82, 2.24) is 9.64 Å². The van der Waals surface area contributed by atoms with Gasteiger partial charge >= 0.3 is 5.97 Å². The van der Waals surface area contributed by atoms with E-state index in [0.717, 1.165) is 74.6 Å². The van der Waals surface area contributed by atoms with Crippen LogP contribution in [0.5, 0.6) is 0 Å². The summed E-state index contributed by atoms with van der Waals surface area (Å²) in [6.45, 7) is 18.4. The number of allylic oxidation sites excluding steroid dienone is 2. The van der Waals surface area contributed by atoms with Crippen molar-refractivity contribution in [2.24, 2.45) is 0 Å². The molecule has 0 N–H and O–H groups in total. The third kappa shape index (κ3) is 6.41. The van der Waals surface area contributed by atoms with Crippen LogP contribution in [0.4, 0.5) is 5.69 Å². The average molecular weight is 742 g/mol. The van der Waals surface area contributed by atoms with Crippen molar-refractivity contribution in [2.75, 3.05) is 18.5 Å². The van der Waals surface area contributed by atoms with E-state index in [1.165, 1.54) is 5.57 Å². The van der Waals surface area contributed by atoms with E-state index in [4.69, 9.17) is 4.84 Å². The highest BCUT2D eigenvalue weighted by atomic mass is 16.7. The number of benzene rings is 3. The standard InChI is InChI=1S/C46H51N3O6/c1-27-25-44(3,4)47(9)37-23-35-33(21-31(27)37)42(29-15-12-13-16-30(29)43(53)54)34-22-32-28(2)26-45(5,6)48(38(32)24-36(34)46(35,7)8)20-14-10-11-17-41(52)55-49-39(50)18-19-40(49)51/h12-13,15-16,21-26H,10-11,14,17-20H2,1-9H3. The lowest BCUT2D eigenvalue weighted by atomic mass is 9.67. The lowest BCUT2D eigenvalue weighted by Gasteiger charge is -2.45. The van der Waals surface area contributed by atoms with E-state index in [9.17, 15) is 24.3 Å². The molecule has 9 heteroatoms. The molecular weight excluding hydrogens is 691 g/mol. The molecule has 0 unspecified atom stereocenters. The fraction of sp³-hybridized carbons (Fsp3) is 0.413. The van der Waals surface area contributed by atoms with E-state index in [1.54, 1.807) is 12.1 Å². The lowest BCUT2D eigenvalue weighted by Crippen LogP contribution is -2.48. The van der Waals surface area contributed by atoms with Gasteiger partial charge in [0.2, 0.25) is 5.36 Å². The molecule has 0 radical (unpaired) electrons. The number of amides is 2. The Morgan fingerprint density at radius 1 is 0.800 bits per heavy atom. The van der Waals surface area contributed by atoms with Crippen LogP contribution in [0.2, 0.25) is 0 Å². The molecule has 0 spiro atoms. The van der Waals surface area contributed by atoms with Gasteiger partial charge in [-0.1, -0.05) is 50.6 Å². The topological polar surface area (TPSA) is 110 Å². The summed E-state index contributed by atoms with van der Waals surface area (Å²) >= 11 is 0. The molecule has 3 aromatic carbocycles. The van der Waals surface area contributed by atoms with Gasteiger partial charge in [0, 0.05) is 73.5 Å². The van der Waals surface area contributed by atoms with Gasteiger partial charge in [0.05, 0.1) is 11.5 Å². The zero-order chi connectivity index (χ0) is 39.8. The number of hydroxylamine groups is 2. The number of carboxylic acid groups (broad SMARTS) is 1. The van der Waals surface area contributed by atoms with Gasteiger partial charge in [-0.2, -0.15) is 0 Å². The van der Waals surface area contributed by atoms with Crippen molar-refractivity contribution < 1.29 is 29.1 Å². The smallest absolute Gasteiger partial charge is 0.333 e. The Morgan fingerprint density at radius 3 is 2.16 bits per heavy atom. The Bertz CT molecular complexity index is 2380. The van der Waals surface area contributed by atoms with Crippen LogP contribution in [0.3, 0.4) is 0 Å². The highest BCUT2D eigenvalue weighted by Crippen LogP contribution is 2.48. The van der Waals surface area contributed by atoms with Crippen LogP contribution in [-0.2, 0) is 24.6 Å². The Morgan fingerprint density at radius 2 is 1.47 bits per heavy atom. The van der Waals surface area contributed by atoms with Crippen LogP contribution in [0.25, 0.3) is 16.7 Å². The summed E-state index contributed by atoms with van der Waals surface area (Å²) in [5, 5.41) is 15.5. The van der Waals surface area contributed by atoms with Crippen LogP contribution in [-0.4, -0.2) is 53.5 Å². The molecule has 2 amide bonds. The van der Waals surface area contributed by atoms with E-state index in [-0.39, 0.29) is 35.9 Å². The Hall–Kier alpha value is -5.31. The Labute approximate surface area is 323 Å². The summed E-state index contributed by atoms with van der Waals surface area (Å²) in [4.78, 5) is 56.4. The molecule has 9 nitrogen and oxygen atoms in total. The lowest BCUT2D eigenvalue weighted by molar-refractivity contribution is -0.255. The molecule has 1 aliphatic carbocycles. The fourth-order valence-corrected chi connectivity index (χ4v) is 9.16. The van der Waals surface area contributed by atoms with Crippen LogP contribution in [0.15, 0.2) is 60.7 Å². The maximum atomic E-state index is 12.7. The first kappa shape index (κ1) is 38.0. The van der Waals surface area contributed by atoms with E-state index >= 15 is 0 Å². The van der Waals surface area contributed by atoms with Crippen molar-refractivity contribution in [3.05, 3.63) is 110 Å². The van der Waals surface area contributed by atoms with Crippen molar-refractivity contribution >= 4 is 46.2 Å². The number of fused-ring (bicyclic) bond motifs is 4. The zero-order valence-electron chi connectivity index (χ0n) is 33.5. The number of carbonyl (C=O) groups is 4. The number of carbonyl (C=O) groups excluding carboxylic acids is 4. The summed E-state index contributed by atoms with van der Waals surface area (Å²) in [5.41, 5.74) is 9.71. The molecule has 0 aromatic heterocycles. The summed E-state index contributed by atoms with van der Waals surface area (Å²) in [6, 6.07) is 16.4. The van der Waals surface area contributed by atoms with Crippen molar-refractivity contribution in [3.8, 4) is 0 Å². The van der Waals surface area contributed by atoms with Crippen molar-refractivity contribution in [1.29, 1.82) is 0 Å². The number of imide groups is 1. The molecule has 0 atom stereocenters. The van der Waals surface area contributed by atoms with Crippen LogP contribution >= 0.6 is 0 Å². The van der Waals surface area contributed by atoms with Gasteiger partial charge in [0.25, 0.3) is 11.8 Å². The predicted molar refractivity (Wildman–Crippen MR) is 212 cm³/mol. The third-order valence-corrected chi connectivity index (χ3v) is 12.2. The monoisotopic (exact) mass is 741 g/mol. The largest absolute Gasteiger partial charge is 0.545 e. The fourth-order valence-electron chi connectivity index (χ4n) is 9.16. The van der Waals surface area contributed by atoms with Gasteiger partial charge in [-0.25, -0.2) is 9.37 Å². The number of aromatic carboxylic acids is 1. The zero-order valence-corrected chi connectivity index (χ0v) is 33.5. The second kappa shape index (κ2) is 13.5. The first-order valence-corrected chi connectivity index (χ1v) is 19.4. The minimum atomic E-state index is -1.21. The van der Waals surface area contributed by atoms with Crippen LogP contribution < -0.4 is 25.2 Å². The number of anilines is 1. The molecule has 4 aliphatic rings. The van der Waals surface area contributed by atoms with Crippen molar-refractivity contribution in [2.45, 2.75) is 110 Å². The molecule has 1 saturated heterocycles. The molecule has 7 rings (SSSR count). The molecule has 3 heterocycles. The van der Waals surface area contributed by atoms with Crippen LogP contribution in [0.1, 0.15) is 138 Å². The predicted octanol–water partition coefficient (Wildman–Crippen LogP) is 5.42. The molecule has 0 bridgehead atoms. The van der Waals surface area contributed by atoms with Gasteiger partial charge in [-0.3, -0.25) is 9.59 Å². The van der Waals surface area contributed by atoms with Gasteiger partial charge in [0.15, 0.2) is 5.54 Å². The maximum absolute atomic E-state index is 12.7. The minimum Gasteiger partial charge on any atom is -0.545 e. The first-order chi connectivity index (χ1) is 25.8. The third-order valence-electron chi connectivity index (χ3n) is 12.2. The molecular formula is C46H51N3O6. The van der Waals surface area contributed by atoms with E-state index in [1.807, 2.05) is 12.1 Å². The number of hydrogen-bond donors (Lipinski definition) is 0. The Kier molecular flexibility index (Phi) is 9.30. The molecule has 1 fully saturated rings. The molecule has 3 aliphatic heterocycles. The molecule has 3 aromatic rings. The highest BCUT2D eigenvalue weighted by Gasteiger charge is 2.40. The Balaban J connectivity index is 1.32. The maximum Gasteiger partial charge on any atom is 0.333 e. The van der Waals surface area contributed by atoms with Crippen LogP contribution in [0, 0.1) is 0 Å². The van der Waals surface area contributed by atoms with E-state index in [0.29, 0.717) is 17.0 Å². The minimum absolute atomic E-state index is 0.0709. The normalized spacial score (nSPS) is 18.9. The van der Waals surface area contributed by atoms with Gasteiger partial charge < -0.3 is 19.6 Å². The summed E-state index contributed by atoms with van der Waals surface area (Å²) in [5.74, 6) is -2.73. The van der Waals surface area contributed by atoms with E-state index < -0.39 is 29.2 Å².